The molecule has 0 spiro atoms. The molecule has 0 radical (unpaired) electrons. The summed E-state index contributed by atoms with van der Waals surface area (Å²) in [6.45, 7) is 2.69. The highest BCUT2D eigenvalue weighted by atomic mass is 16.1. The van der Waals surface area contributed by atoms with Crippen molar-refractivity contribution in [3.05, 3.63) is 36.0 Å². The van der Waals surface area contributed by atoms with E-state index >= 15 is 0 Å². The highest BCUT2D eigenvalue weighted by Crippen LogP contribution is 2.21. The number of anilines is 1. The maximum Gasteiger partial charge on any atom is 0.269 e. The number of hydrogen-bond acceptors (Lipinski definition) is 3. The molecule has 1 amide bonds. The van der Waals surface area contributed by atoms with Crippen molar-refractivity contribution in [3.63, 3.8) is 0 Å². The summed E-state index contributed by atoms with van der Waals surface area (Å²) in [5, 5.41) is 7.90. The summed E-state index contributed by atoms with van der Waals surface area (Å²) >= 11 is 0. The van der Waals surface area contributed by atoms with Crippen LogP contribution in [0.3, 0.4) is 0 Å². The van der Waals surface area contributed by atoms with Gasteiger partial charge in [0.2, 0.25) is 0 Å². The van der Waals surface area contributed by atoms with Crippen molar-refractivity contribution >= 4 is 22.5 Å². The van der Waals surface area contributed by atoms with Crippen LogP contribution in [0.25, 0.3) is 10.8 Å². The molecular weight excluding hydrogens is 226 g/mol. The molecule has 0 saturated heterocycles. The maximum atomic E-state index is 11.9. The molecule has 1 aromatic carbocycles. The van der Waals surface area contributed by atoms with Gasteiger partial charge in [-0.05, 0) is 17.9 Å². The van der Waals surface area contributed by atoms with Gasteiger partial charge in [-0.25, -0.2) is 4.98 Å². The molecule has 0 saturated carbocycles. The summed E-state index contributed by atoms with van der Waals surface area (Å²) in [5.74, 6) is 0.605. The van der Waals surface area contributed by atoms with E-state index in [2.05, 4.69) is 15.6 Å². The number of fused-ring (bicyclic) bond motifs is 1. The van der Waals surface area contributed by atoms with Crippen molar-refractivity contribution in [3.8, 4) is 0 Å². The molecule has 1 heterocycles. The highest BCUT2D eigenvalue weighted by Gasteiger charge is 2.10. The first-order chi connectivity index (χ1) is 8.76. The largest absolute Gasteiger partial charge is 0.373 e. The number of nitrogens with zero attached hydrogens (tertiary/aromatic N) is 1. The van der Waals surface area contributed by atoms with E-state index < -0.39 is 0 Å². The normalized spacial score (nSPS) is 10.3. The molecule has 2 aromatic rings. The molecule has 0 aliphatic heterocycles. The van der Waals surface area contributed by atoms with Gasteiger partial charge in [0.1, 0.15) is 11.5 Å². The van der Waals surface area contributed by atoms with Crippen molar-refractivity contribution in [2.24, 2.45) is 0 Å². The van der Waals surface area contributed by atoms with Crippen molar-refractivity contribution in [2.75, 3.05) is 18.9 Å². The first kappa shape index (κ1) is 12.4. The van der Waals surface area contributed by atoms with Gasteiger partial charge in [-0.3, -0.25) is 4.79 Å². The van der Waals surface area contributed by atoms with Crippen molar-refractivity contribution in [1.82, 2.24) is 10.3 Å². The van der Waals surface area contributed by atoms with E-state index in [1.807, 2.05) is 44.3 Å². The number of hydrogen-bond donors (Lipinski definition) is 2. The molecule has 4 nitrogen and oxygen atoms in total. The van der Waals surface area contributed by atoms with Gasteiger partial charge in [-0.2, -0.15) is 0 Å². The average molecular weight is 243 g/mol. The Bertz CT molecular complexity index is 566. The summed E-state index contributed by atoms with van der Waals surface area (Å²) in [7, 11) is 1.81. The maximum absolute atomic E-state index is 11.9. The number of benzene rings is 1. The Hall–Kier alpha value is -2.10. The van der Waals surface area contributed by atoms with Gasteiger partial charge >= 0.3 is 0 Å². The minimum atomic E-state index is -0.126. The number of aromatic nitrogens is 1. The Morgan fingerprint density at radius 3 is 2.83 bits per heavy atom. The summed E-state index contributed by atoms with van der Waals surface area (Å²) in [5.41, 5.74) is 0.450. The molecule has 0 aliphatic rings. The number of carbonyl (C=O) groups excluding carboxylic acids is 1. The van der Waals surface area contributed by atoms with E-state index in [1.165, 1.54) is 0 Å². The quantitative estimate of drug-likeness (QED) is 0.867. The Kier molecular flexibility index (Phi) is 3.77. The van der Waals surface area contributed by atoms with E-state index in [4.69, 9.17) is 0 Å². The molecule has 4 heteroatoms. The topological polar surface area (TPSA) is 54.0 Å². The molecule has 0 bridgehead atoms. The van der Waals surface area contributed by atoms with Gasteiger partial charge in [0.25, 0.3) is 5.91 Å². The SMILES string of the molecule is CCCNC(=O)c1cc2ccccc2c(NC)n1. The molecule has 2 N–H and O–H groups in total. The summed E-state index contributed by atoms with van der Waals surface area (Å²) in [4.78, 5) is 16.3. The van der Waals surface area contributed by atoms with Crippen LogP contribution in [0.15, 0.2) is 30.3 Å². The number of carbonyl (C=O) groups is 1. The summed E-state index contributed by atoms with van der Waals surface area (Å²) < 4.78 is 0. The average Bonchev–Trinajstić information content (AvgIpc) is 2.43. The van der Waals surface area contributed by atoms with Crippen LogP contribution >= 0.6 is 0 Å². The first-order valence-electron chi connectivity index (χ1n) is 6.12. The second-order valence-corrected chi connectivity index (χ2v) is 4.08. The van der Waals surface area contributed by atoms with E-state index in [-0.39, 0.29) is 5.91 Å². The summed E-state index contributed by atoms with van der Waals surface area (Å²) in [6, 6.07) is 9.70. The minimum Gasteiger partial charge on any atom is -0.373 e. The molecule has 0 aliphatic carbocycles. The number of rotatable bonds is 4. The zero-order chi connectivity index (χ0) is 13.0. The van der Waals surface area contributed by atoms with Gasteiger partial charge in [0, 0.05) is 19.0 Å². The van der Waals surface area contributed by atoms with Gasteiger partial charge in [-0.1, -0.05) is 31.2 Å². The van der Waals surface area contributed by atoms with Crippen molar-refractivity contribution in [1.29, 1.82) is 0 Å². The fourth-order valence-electron chi connectivity index (χ4n) is 1.83. The standard InChI is InChI=1S/C14H17N3O/c1-3-8-16-14(18)12-9-10-6-4-5-7-11(10)13(15-2)17-12/h4-7,9H,3,8H2,1-2H3,(H,15,17)(H,16,18). The first-order valence-corrected chi connectivity index (χ1v) is 6.12. The lowest BCUT2D eigenvalue weighted by atomic mass is 10.1. The fourth-order valence-corrected chi connectivity index (χ4v) is 1.83. The molecule has 94 valence electrons. The third-order valence-corrected chi connectivity index (χ3v) is 2.75. The lowest BCUT2D eigenvalue weighted by molar-refractivity contribution is 0.0949. The van der Waals surface area contributed by atoms with Crippen LogP contribution in [0.5, 0.6) is 0 Å². The zero-order valence-corrected chi connectivity index (χ0v) is 10.7. The van der Waals surface area contributed by atoms with Crippen LogP contribution < -0.4 is 10.6 Å². The second-order valence-electron chi connectivity index (χ2n) is 4.08. The fraction of sp³-hybridized carbons (Fsp3) is 0.286. The third kappa shape index (κ3) is 2.42. The third-order valence-electron chi connectivity index (χ3n) is 2.75. The van der Waals surface area contributed by atoms with Crippen LogP contribution in [0.2, 0.25) is 0 Å². The monoisotopic (exact) mass is 243 g/mol. The zero-order valence-electron chi connectivity index (χ0n) is 10.7. The van der Waals surface area contributed by atoms with E-state index in [9.17, 15) is 4.79 Å². The van der Waals surface area contributed by atoms with Crippen molar-refractivity contribution < 1.29 is 4.79 Å². The molecule has 2 rings (SSSR count). The van der Waals surface area contributed by atoms with Crippen LogP contribution in [0.4, 0.5) is 5.82 Å². The van der Waals surface area contributed by atoms with Crippen LogP contribution in [0.1, 0.15) is 23.8 Å². The van der Waals surface area contributed by atoms with E-state index in [0.717, 1.165) is 23.0 Å². The van der Waals surface area contributed by atoms with Crippen LogP contribution in [0, 0.1) is 0 Å². The molecule has 0 fully saturated rings. The molecule has 18 heavy (non-hydrogen) atoms. The van der Waals surface area contributed by atoms with Crippen LogP contribution in [-0.4, -0.2) is 24.5 Å². The smallest absolute Gasteiger partial charge is 0.269 e. The lowest BCUT2D eigenvalue weighted by Gasteiger charge is -2.08. The molecule has 0 atom stereocenters. The Labute approximate surface area is 106 Å². The molecule has 0 unspecified atom stereocenters. The van der Waals surface area contributed by atoms with E-state index in [0.29, 0.717) is 12.2 Å². The summed E-state index contributed by atoms with van der Waals surface area (Å²) in [6.07, 6.45) is 0.915. The Morgan fingerprint density at radius 1 is 1.33 bits per heavy atom. The molecule has 1 aromatic heterocycles. The highest BCUT2D eigenvalue weighted by molar-refractivity contribution is 6.00. The predicted molar refractivity (Wildman–Crippen MR) is 73.9 cm³/mol. The number of nitrogens with one attached hydrogen (secondary N) is 2. The number of amides is 1. The van der Waals surface area contributed by atoms with Gasteiger partial charge in [0.05, 0.1) is 0 Å². The molecular formula is C14H17N3O. The predicted octanol–water partition coefficient (Wildman–Crippen LogP) is 2.42. The van der Waals surface area contributed by atoms with Gasteiger partial charge in [-0.15, -0.1) is 0 Å². The Morgan fingerprint density at radius 2 is 2.11 bits per heavy atom. The minimum absolute atomic E-state index is 0.126. The van der Waals surface area contributed by atoms with E-state index in [1.54, 1.807) is 0 Å². The lowest BCUT2D eigenvalue weighted by Crippen LogP contribution is -2.25. The second kappa shape index (κ2) is 5.49. The van der Waals surface area contributed by atoms with Gasteiger partial charge in [0.15, 0.2) is 0 Å². The number of pyridine rings is 1. The van der Waals surface area contributed by atoms with Crippen molar-refractivity contribution in [2.45, 2.75) is 13.3 Å². The van der Waals surface area contributed by atoms with Gasteiger partial charge < -0.3 is 10.6 Å². The Balaban J connectivity index is 2.43. The van der Waals surface area contributed by atoms with Crippen LogP contribution in [-0.2, 0) is 0 Å².